The molecule has 0 bridgehead atoms. The summed E-state index contributed by atoms with van der Waals surface area (Å²) in [6, 6.07) is 1.22. The minimum atomic E-state index is -0.694. The van der Waals surface area contributed by atoms with Crippen molar-refractivity contribution < 1.29 is 29.2 Å². The molecule has 4 rings (SSSR count). The Bertz CT molecular complexity index is 1350. The minimum absolute atomic E-state index is 0.189. The molecule has 0 spiro atoms. The number of primary amides is 1. The maximum Gasteiger partial charge on any atom is 0.519 e. The molecule has 3 aromatic heterocycles. The Labute approximate surface area is 221 Å². The smallest absolute Gasteiger partial charge is 0.444 e. The minimum Gasteiger partial charge on any atom is -0.444 e. The lowest BCUT2D eigenvalue weighted by molar-refractivity contribution is -0.491. The van der Waals surface area contributed by atoms with Gasteiger partial charge in [-0.05, 0) is 54.4 Å². The standard InChI is InChI=1S/C26H35N7O5/c1-25(2,3)37-23(35)30-21-10-20(29-22-19(12-28-33(21)22)17-11-27-31(7)13-17)16-8-9-18(15-34)32(14-16)24(36)38-26(4,5)6/h10-13,15-16,18H,8-9,14H2,1-7H3,(H,30,35)/p+1/t16-,18-/m0/s1. The Morgan fingerprint density at radius 3 is 2.37 bits per heavy atom. The molecule has 12 heteroatoms. The van der Waals surface area contributed by atoms with Crippen LogP contribution in [0.5, 0.6) is 0 Å². The van der Waals surface area contributed by atoms with E-state index in [2.05, 4.69) is 10.2 Å². The van der Waals surface area contributed by atoms with E-state index in [-0.39, 0.29) is 12.5 Å². The zero-order valence-corrected chi connectivity index (χ0v) is 23.0. The third kappa shape index (κ3) is 6.18. The first-order valence-corrected chi connectivity index (χ1v) is 12.6. The summed E-state index contributed by atoms with van der Waals surface area (Å²) in [6.45, 7) is 11.0. The largest absolute Gasteiger partial charge is 0.519 e. The number of hydrogen-bond donors (Lipinski definition) is 1. The first-order chi connectivity index (χ1) is 17.7. The van der Waals surface area contributed by atoms with Gasteiger partial charge < -0.3 is 14.3 Å². The van der Waals surface area contributed by atoms with Gasteiger partial charge in [0.05, 0.1) is 24.1 Å². The van der Waals surface area contributed by atoms with E-state index < -0.39 is 29.4 Å². The summed E-state index contributed by atoms with van der Waals surface area (Å²) in [5.74, 6) is 0.307. The number of piperidine rings is 1. The SMILES string of the molecule is Cn1cc(-c2cnn3c([NH2+]C(=O)OC(C)(C)C)cc([C@H]4CC[C@@H](C=O)N(C(=O)OC(C)(C)C)C4)nc23)cn1. The highest BCUT2D eigenvalue weighted by Gasteiger charge is 2.36. The average Bonchev–Trinajstić information content (AvgIpc) is 3.42. The van der Waals surface area contributed by atoms with E-state index in [1.54, 1.807) is 69.2 Å². The molecule has 2 amide bonds. The summed E-state index contributed by atoms with van der Waals surface area (Å²) < 4.78 is 14.4. The van der Waals surface area contributed by atoms with E-state index in [1.807, 2.05) is 13.2 Å². The van der Waals surface area contributed by atoms with Crippen molar-refractivity contribution in [1.29, 1.82) is 0 Å². The molecule has 1 aliphatic heterocycles. The summed E-state index contributed by atoms with van der Waals surface area (Å²) in [5, 5.41) is 10.1. The number of ether oxygens (including phenoxy) is 2. The van der Waals surface area contributed by atoms with Gasteiger partial charge in [0.15, 0.2) is 5.65 Å². The molecule has 38 heavy (non-hydrogen) atoms. The second kappa shape index (κ2) is 10.2. The van der Waals surface area contributed by atoms with Crippen LogP contribution in [-0.2, 0) is 21.3 Å². The van der Waals surface area contributed by atoms with Crippen molar-refractivity contribution in [2.24, 2.45) is 7.05 Å². The Hall–Kier alpha value is -3.80. The molecular weight excluding hydrogens is 490 g/mol. The van der Waals surface area contributed by atoms with E-state index in [4.69, 9.17) is 14.5 Å². The zero-order chi connectivity index (χ0) is 27.8. The monoisotopic (exact) mass is 526 g/mol. The first-order valence-electron chi connectivity index (χ1n) is 12.6. The number of aromatic nitrogens is 5. The van der Waals surface area contributed by atoms with Gasteiger partial charge in [-0.2, -0.15) is 24.8 Å². The Morgan fingerprint density at radius 1 is 1.05 bits per heavy atom. The lowest BCUT2D eigenvalue weighted by atomic mass is 9.90. The number of nitrogens with zero attached hydrogens (tertiary/aromatic N) is 6. The van der Waals surface area contributed by atoms with Crippen LogP contribution in [0.15, 0.2) is 24.7 Å². The third-order valence-corrected chi connectivity index (χ3v) is 6.04. The topological polar surface area (TPSA) is 138 Å². The van der Waals surface area contributed by atoms with Crippen LogP contribution in [0, 0.1) is 0 Å². The summed E-state index contributed by atoms with van der Waals surface area (Å²) in [7, 11) is 1.83. The van der Waals surface area contributed by atoms with Crippen molar-refractivity contribution in [3.8, 4) is 11.1 Å². The van der Waals surface area contributed by atoms with Gasteiger partial charge in [0.1, 0.15) is 17.5 Å². The van der Waals surface area contributed by atoms with Gasteiger partial charge in [-0.15, -0.1) is 0 Å². The van der Waals surface area contributed by atoms with Crippen LogP contribution >= 0.6 is 0 Å². The lowest BCUT2D eigenvalue weighted by Crippen LogP contribution is -2.83. The highest BCUT2D eigenvalue weighted by Crippen LogP contribution is 2.32. The molecule has 2 N–H and O–H groups in total. The molecular formula is C26H36N7O5+. The number of aryl methyl sites for hydroxylation is 1. The number of rotatable bonds is 4. The summed E-state index contributed by atoms with van der Waals surface area (Å²) in [6.07, 6.45) is 6.12. The van der Waals surface area contributed by atoms with E-state index in [0.29, 0.717) is 30.0 Å². The number of aldehydes is 1. The number of quaternary nitrogens is 1. The Kier molecular flexibility index (Phi) is 7.29. The normalized spacial score (nSPS) is 18.4. The number of nitrogens with two attached hydrogens (primary N) is 1. The van der Waals surface area contributed by atoms with Crippen molar-refractivity contribution in [3.63, 3.8) is 0 Å². The van der Waals surface area contributed by atoms with Gasteiger partial charge in [0.2, 0.25) is 5.82 Å². The van der Waals surface area contributed by atoms with Gasteiger partial charge in [-0.1, -0.05) is 0 Å². The predicted molar refractivity (Wildman–Crippen MR) is 138 cm³/mol. The van der Waals surface area contributed by atoms with E-state index in [1.165, 1.54) is 10.2 Å². The fourth-order valence-electron chi connectivity index (χ4n) is 4.44. The molecule has 1 fully saturated rings. The molecule has 2 atom stereocenters. The van der Waals surface area contributed by atoms with Crippen molar-refractivity contribution in [3.05, 3.63) is 30.4 Å². The van der Waals surface area contributed by atoms with Crippen LogP contribution in [0.25, 0.3) is 16.8 Å². The summed E-state index contributed by atoms with van der Waals surface area (Å²) in [5.41, 5.74) is 1.46. The van der Waals surface area contributed by atoms with E-state index in [0.717, 1.165) is 17.4 Å². The molecule has 12 nitrogen and oxygen atoms in total. The number of amides is 2. The quantitative estimate of drug-likeness (QED) is 0.512. The van der Waals surface area contributed by atoms with Crippen LogP contribution in [-0.4, -0.2) is 71.5 Å². The number of likely N-dealkylation sites (tertiary alicyclic amines) is 1. The second-order valence-corrected chi connectivity index (χ2v) is 11.6. The van der Waals surface area contributed by atoms with Crippen molar-refractivity contribution in [1.82, 2.24) is 29.3 Å². The zero-order valence-electron chi connectivity index (χ0n) is 23.0. The predicted octanol–water partition coefficient (Wildman–Crippen LogP) is 2.94. The molecule has 4 heterocycles. The van der Waals surface area contributed by atoms with Gasteiger partial charge in [-0.25, -0.2) is 9.78 Å². The second-order valence-electron chi connectivity index (χ2n) is 11.6. The molecule has 0 saturated carbocycles. The molecule has 3 aromatic rings. The molecule has 204 valence electrons. The lowest BCUT2D eigenvalue weighted by Gasteiger charge is -2.37. The van der Waals surface area contributed by atoms with Crippen LogP contribution in [0.4, 0.5) is 15.4 Å². The number of carbonyl (C=O) groups is 3. The van der Waals surface area contributed by atoms with E-state index in [9.17, 15) is 14.4 Å². The Balaban J connectivity index is 1.74. The summed E-state index contributed by atoms with van der Waals surface area (Å²) in [4.78, 5) is 43.9. The molecule has 0 aromatic carbocycles. The van der Waals surface area contributed by atoms with Crippen molar-refractivity contribution >= 4 is 29.9 Å². The average molecular weight is 527 g/mol. The molecule has 0 unspecified atom stereocenters. The summed E-state index contributed by atoms with van der Waals surface area (Å²) >= 11 is 0. The van der Waals surface area contributed by atoms with Crippen molar-refractivity contribution in [2.75, 3.05) is 6.54 Å². The maximum absolute atomic E-state index is 13.0. The van der Waals surface area contributed by atoms with Crippen LogP contribution in [0.1, 0.15) is 66.0 Å². The number of carbonyl (C=O) groups excluding carboxylic acids is 3. The molecule has 1 aliphatic rings. The fraction of sp³-hybridized carbons (Fsp3) is 0.538. The van der Waals surface area contributed by atoms with Gasteiger partial charge in [0.25, 0.3) is 0 Å². The van der Waals surface area contributed by atoms with Crippen molar-refractivity contribution in [2.45, 2.75) is 77.5 Å². The highest BCUT2D eigenvalue weighted by molar-refractivity contribution is 5.77. The molecule has 0 aliphatic carbocycles. The third-order valence-electron chi connectivity index (χ3n) is 6.04. The van der Waals surface area contributed by atoms with E-state index >= 15 is 0 Å². The number of fused-ring (bicyclic) bond motifs is 1. The Morgan fingerprint density at radius 2 is 1.76 bits per heavy atom. The van der Waals surface area contributed by atoms with Crippen LogP contribution in [0.2, 0.25) is 0 Å². The van der Waals surface area contributed by atoms with Crippen LogP contribution < -0.4 is 5.32 Å². The van der Waals surface area contributed by atoms with Gasteiger partial charge in [0, 0.05) is 42.9 Å². The van der Waals surface area contributed by atoms with Crippen LogP contribution in [0.3, 0.4) is 0 Å². The van der Waals surface area contributed by atoms with Gasteiger partial charge in [-0.3, -0.25) is 9.58 Å². The maximum atomic E-state index is 13.0. The highest BCUT2D eigenvalue weighted by atomic mass is 16.6. The number of hydrogen-bond acceptors (Lipinski definition) is 8. The first kappa shape index (κ1) is 27.2. The molecule has 1 saturated heterocycles. The fourth-order valence-corrected chi connectivity index (χ4v) is 4.44. The van der Waals surface area contributed by atoms with Gasteiger partial charge >= 0.3 is 12.2 Å². The molecule has 0 radical (unpaired) electrons.